The number of hydrogen-bond donors (Lipinski definition) is 0. The number of hydrogen-bond acceptors (Lipinski definition) is 0. The molecule has 0 heterocycles. The summed E-state index contributed by atoms with van der Waals surface area (Å²) in [5, 5.41) is 0. The van der Waals surface area contributed by atoms with Crippen LogP contribution < -0.4 is 0 Å². The van der Waals surface area contributed by atoms with E-state index in [-0.39, 0.29) is 0 Å². The molecule has 2 aliphatic carbocycles. The van der Waals surface area contributed by atoms with Crippen molar-refractivity contribution >= 4 is 0 Å². The van der Waals surface area contributed by atoms with E-state index in [0.29, 0.717) is 0 Å². The van der Waals surface area contributed by atoms with Gasteiger partial charge in [0, 0.05) is 0 Å². The summed E-state index contributed by atoms with van der Waals surface area (Å²) in [5.41, 5.74) is 0. The van der Waals surface area contributed by atoms with Gasteiger partial charge in [-0.2, -0.15) is 0 Å². The van der Waals surface area contributed by atoms with E-state index in [1.54, 1.807) is 6.42 Å². The predicted octanol–water partition coefficient (Wildman–Crippen LogP) is 6.06. The molecule has 0 radical (unpaired) electrons. The van der Waals surface area contributed by atoms with Gasteiger partial charge in [0.1, 0.15) is 0 Å². The van der Waals surface area contributed by atoms with E-state index in [1.807, 2.05) is 13.8 Å². The SMILES string of the molecule is CC.CC1CCC(CC2CCC(C)CC2)CC1. The summed E-state index contributed by atoms with van der Waals surface area (Å²) in [7, 11) is 0. The van der Waals surface area contributed by atoms with Crippen LogP contribution >= 0.6 is 0 Å². The highest BCUT2D eigenvalue weighted by Gasteiger charge is 2.24. The van der Waals surface area contributed by atoms with Crippen molar-refractivity contribution < 1.29 is 0 Å². The van der Waals surface area contributed by atoms with Crippen molar-refractivity contribution in [2.75, 3.05) is 0 Å². The van der Waals surface area contributed by atoms with Crippen LogP contribution in [0.1, 0.15) is 85.5 Å². The van der Waals surface area contributed by atoms with Gasteiger partial charge in [0.05, 0.1) is 0 Å². The molecule has 2 rings (SSSR count). The van der Waals surface area contributed by atoms with Gasteiger partial charge in [-0.05, 0) is 30.1 Å². The lowest BCUT2D eigenvalue weighted by atomic mass is 9.74. The molecule has 0 spiro atoms. The molecule has 0 nitrogen and oxygen atoms in total. The van der Waals surface area contributed by atoms with Crippen LogP contribution in [0.5, 0.6) is 0 Å². The first-order chi connectivity index (χ1) is 8.24. The van der Waals surface area contributed by atoms with E-state index in [1.165, 1.54) is 51.4 Å². The van der Waals surface area contributed by atoms with Crippen LogP contribution in [0.2, 0.25) is 0 Å². The molecule has 0 atom stereocenters. The van der Waals surface area contributed by atoms with Gasteiger partial charge in [0.25, 0.3) is 0 Å². The normalized spacial score (nSPS) is 38.1. The minimum atomic E-state index is 1.02. The standard InChI is InChI=1S/C15H28.C2H6/c1-12-3-7-14(8-4-12)11-15-9-5-13(2)6-10-15;1-2/h12-15H,3-11H2,1-2H3;1-2H3. The summed E-state index contributed by atoms with van der Waals surface area (Å²) < 4.78 is 0. The minimum absolute atomic E-state index is 1.02. The van der Waals surface area contributed by atoms with Crippen molar-refractivity contribution in [1.29, 1.82) is 0 Å². The first kappa shape index (κ1) is 15.1. The molecule has 0 aromatic heterocycles. The molecule has 2 fully saturated rings. The first-order valence-electron chi connectivity index (χ1n) is 8.24. The summed E-state index contributed by atoms with van der Waals surface area (Å²) in [4.78, 5) is 0. The highest BCUT2D eigenvalue weighted by molar-refractivity contribution is 4.76. The molecule has 0 unspecified atom stereocenters. The zero-order valence-corrected chi connectivity index (χ0v) is 12.7. The molecule has 0 bridgehead atoms. The van der Waals surface area contributed by atoms with Gasteiger partial charge in [-0.25, -0.2) is 0 Å². The number of rotatable bonds is 2. The lowest BCUT2D eigenvalue weighted by Crippen LogP contribution is -2.19. The van der Waals surface area contributed by atoms with E-state index < -0.39 is 0 Å². The van der Waals surface area contributed by atoms with Crippen molar-refractivity contribution in [1.82, 2.24) is 0 Å². The van der Waals surface area contributed by atoms with E-state index >= 15 is 0 Å². The van der Waals surface area contributed by atoms with Crippen molar-refractivity contribution in [3.8, 4) is 0 Å². The molecule has 0 saturated heterocycles. The zero-order valence-electron chi connectivity index (χ0n) is 12.7. The Morgan fingerprint density at radius 1 is 0.588 bits per heavy atom. The summed E-state index contributed by atoms with van der Waals surface area (Å²) >= 11 is 0. The van der Waals surface area contributed by atoms with Gasteiger partial charge >= 0.3 is 0 Å². The highest BCUT2D eigenvalue weighted by atomic mass is 14.3. The third-order valence-electron chi connectivity index (χ3n) is 4.94. The quantitative estimate of drug-likeness (QED) is 0.549. The fraction of sp³-hybridized carbons (Fsp3) is 1.00. The van der Waals surface area contributed by atoms with Crippen LogP contribution in [0.25, 0.3) is 0 Å². The van der Waals surface area contributed by atoms with Crippen molar-refractivity contribution in [2.45, 2.75) is 85.5 Å². The fourth-order valence-electron chi connectivity index (χ4n) is 3.60. The molecular weight excluding hydrogens is 204 g/mol. The third-order valence-corrected chi connectivity index (χ3v) is 4.94. The third kappa shape index (κ3) is 5.44. The maximum Gasteiger partial charge on any atom is -0.0411 e. The second-order valence-electron chi connectivity index (χ2n) is 6.49. The van der Waals surface area contributed by atoms with Gasteiger partial charge in [-0.1, -0.05) is 79.1 Å². The molecule has 17 heavy (non-hydrogen) atoms. The second-order valence-corrected chi connectivity index (χ2v) is 6.49. The molecule has 2 saturated carbocycles. The Morgan fingerprint density at radius 2 is 0.882 bits per heavy atom. The lowest BCUT2D eigenvalue weighted by Gasteiger charge is -2.32. The van der Waals surface area contributed by atoms with Crippen molar-refractivity contribution in [2.24, 2.45) is 23.7 Å². The van der Waals surface area contributed by atoms with E-state index in [9.17, 15) is 0 Å². The second kappa shape index (κ2) is 8.16. The van der Waals surface area contributed by atoms with Crippen LogP contribution in [-0.4, -0.2) is 0 Å². The average molecular weight is 238 g/mol. The minimum Gasteiger partial charge on any atom is -0.0683 e. The van der Waals surface area contributed by atoms with E-state index in [2.05, 4.69) is 13.8 Å². The maximum absolute atomic E-state index is 2.43. The molecule has 2 aliphatic rings. The Hall–Kier alpha value is 0. The van der Waals surface area contributed by atoms with Crippen molar-refractivity contribution in [3.63, 3.8) is 0 Å². The molecule has 0 aromatic rings. The molecule has 0 N–H and O–H groups in total. The Labute approximate surface area is 110 Å². The predicted molar refractivity (Wildman–Crippen MR) is 78.2 cm³/mol. The summed E-state index contributed by atoms with van der Waals surface area (Å²) in [5.74, 6) is 4.24. The van der Waals surface area contributed by atoms with Crippen LogP contribution in [0.4, 0.5) is 0 Å². The van der Waals surface area contributed by atoms with Gasteiger partial charge in [-0.3, -0.25) is 0 Å². The molecule has 0 aliphatic heterocycles. The van der Waals surface area contributed by atoms with E-state index in [0.717, 1.165) is 23.7 Å². The Bertz CT molecular complexity index is 148. The van der Waals surface area contributed by atoms with Gasteiger partial charge in [0.15, 0.2) is 0 Å². The van der Waals surface area contributed by atoms with Gasteiger partial charge < -0.3 is 0 Å². The highest BCUT2D eigenvalue weighted by Crippen LogP contribution is 2.37. The monoisotopic (exact) mass is 238 g/mol. The zero-order chi connectivity index (χ0) is 12.7. The van der Waals surface area contributed by atoms with Crippen LogP contribution in [0.15, 0.2) is 0 Å². The Morgan fingerprint density at radius 3 is 1.18 bits per heavy atom. The lowest BCUT2D eigenvalue weighted by molar-refractivity contribution is 0.201. The molecule has 0 heteroatoms. The largest absolute Gasteiger partial charge is 0.0683 e. The molecular formula is C17H34. The summed E-state index contributed by atoms with van der Waals surface area (Å²) in [6.07, 6.45) is 13.7. The Balaban J connectivity index is 0.000000686. The van der Waals surface area contributed by atoms with Crippen molar-refractivity contribution in [3.05, 3.63) is 0 Å². The fourth-order valence-corrected chi connectivity index (χ4v) is 3.60. The molecule has 0 amide bonds. The topological polar surface area (TPSA) is 0 Å². The van der Waals surface area contributed by atoms with E-state index in [4.69, 9.17) is 0 Å². The van der Waals surface area contributed by atoms with Crippen LogP contribution in [0, 0.1) is 23.7 Å². The first-order valence-corrected chi connectivity index (χ1v) is 8.24. The van der Waals surface area contributed by atoms with Crippen LogP contribution in [-0.2, 0) is 0 Å². The molecule has 0 aromatic carbocycles. The Kier molecular flexibility index (Phi) is 7.23. The molecule has 102 valence electrons. The smallest absolute Gasteiger partial charge is 0.0411 e. The van der Waals surface area contributed by atoms with Gasteiger partial charge in [-0.15, -0.1) is 0 Å². The maximum atomic E-state index is 2.43. The summed E-state index contributed by atoms with van der Waals surface area (Å²) in [6.45, 7) is 8.86. The van der Waals surface area contributed by atoms with Gasteiger partial charge in [0.2, 0.25) is 0 Å². The average Bonchev–Trinajstić information content (AvgIpc) is 2.37. The summed E-state index contributed by atoms with van der Waals surface area (Å²) in [6, 6.07) is 0. The van der Waals surface area contributed by atoms with Crippen LogP contribution in [0.3, 0.4) is 0 Å².